The molecule has 1 aromatic heterocycles. The Kier molecular flexibility index (Phi) is 4.47. The van der Waals surface area contributed by atoms with E-state index in [1.54, 1.807) is 18.3 Å². The van der Waals surface area contributed by atoms with E-state index in [1.165, 1.54) is 12.8 Å². The van der Waals surface area contributed by atoms with Crippen molar-refractivity contribution in [3.05, 3.63) is 23.9 Å². The average molecular weight is 265 g/mol. The third-order valence-corrected chi connectivity index (χ3v) is 4.56. The van der Waals surface area contributed by atoms with E-state index < -0.39 is 0 Å². The smallest absolute Gasteiger partial charge is 0.255 e. The Labute approximate surface area is 112 Å². The molecule has 18 heavy (non-hydrogen) atoms. The summed E-state index contributed by atoms with van der Waals surface area (Å²) in [5, 5.41) is 3.80. The second kappa shape index (κ2) is 6.09. The molecule has 0 atom stereocenters. The fourth-order valence-corrected chi connectivity index (χ4v) is 3.06. The Hall–Kier alpha value is -1.23. The molecule has 1 amide bonds. The van der Waals surface area contributed by atoms with Crippen molar-refractivity contribution in [3.63, 3.8) is 0 Å². The van der Waals surface area contributed by atoms with Crippen molar-refractivity contribution in [2.75, 3.05) is 12.0 Å². The second-order valence-electron chi connectivity index (χ2n) is 4.62. The lowest BCUT2D eigenvalue weighted by molar-refractivity contribution is 0.0929. The van der Waals surface area contributed by atoms with Gasteiger partial charge in [0.05, 0.1) is 5.56 Å². The van der Waals surface area contributed by atoms with Crippen LogP contribution in [0.1, 0.15) is 36.0 Å². The van der Waals surface area contributed by atoms with Gasteiger partial charge in [0.25, 0.3) is 5.91 Å². The fourth-order valence-electron chi connectivity index (χ4n) is 2.32. The van der Waals surface area contributed by atoms with Crippen LogP contribution in [0.4, 0.5) is 5.82 Å². The molecule has 1 aliphatic rings. The Morgan fingerprint density at radius 2 is 2.17 bits per heavy atom. The molecule has 0 spiro atoms. The molecule has 1 fully saturated rings. The third kappa shape index (κ3) is 3.16. The van der Waals surface area contributed by atoms with Crippen molar-refractivity contribution in [2.45, 2.75) is 37.0 Å². The summed E-state index contributed by atoms with van der Waals surface area (Å²) in [5.74, 6) is 0.195. The molecule has 1 aliphatic carbocycles. The minimum Gasteiger partial charge on any atom is -0.383 e. The normalized spacial score (nSPS) is 23.6. The molecule has 1 heterocycles. The van der Waals surface area contributed by atoms with Crippen molar-refractivity contribution in [3.8, 4) is 0 Å². The van der Waals surface area contributed by atoms with Crippen LogP contribution in [0.15, 0.2) is 18.3 Å². The Bertz CT molecular complexity index is 416. The van der Waals surface area contributed by atoms with Gasteiger partial charge in [0.15, 0.2) is 0 Å². The zero-order chi connectivity index (χ0) is 13.0. The molecular formula is C13H19N3OS. The molecule has 0 bridgehead atoms. The van der Waals surface area contributed by atoms with Gasteiger partial charge in [-0.05, 0) is 44.1 Å². The van der Waals surface area contributed by atoms with Crippen molar-refractivity contribution >= 4 is 23.5 Å². The summed E-state index contributed by atoms with van der Waals surface area (Å²) in [6.45, 7) is 0. The summed E-state index contributed by atoms with van der Waals surface area (Å²) in [6.07, 6.45) is 8.20. The maximum atomic E-state index is 12.0. The highest BCUT2D eigenvalue weighted by atomic mass is 32.2. The monoisotopic (exact) mass is 265 g/mol. The number of pyridine rings is 1. The number of carbonyl (C=O) groups excluding carboxylic acids is 1. The molecule has 1 aromatic rings. The van der Waals surface area contributed by atoms with Gasteiger partial charge in [-0.2, -0.15) is 11.8 Å². The summed E-state index contributed by atoms with van der Waals surface area (Å²) in [4.78, 5) is 16.0. The van der Waals surface area contributed by atoms with Crippen LogP contribution in [0, 0.1) is 0 Å². The number of carbonyl (C=O) groups is 1. The number of thioether (sulfide) groups is 1. The molecule has 2 rings (SSSR count). The van der Waals surface area contributed by atoms with Gasteiger partial charge in [-0.1, -0.05) is 0 Å². The first-order valence-electron chi connectivity index (χ1n) is 6.25. The van der Waals surface area contributed by atoms with Crippen LogP contribution in [0.25, 0.3) is 0 Å². The lowest BCUT2D eigenvalue weighted by atomic mass is 9.95. The van der Waals surface area contributed by atoms with Crippen LogP contribution in [0.2, 0.25) is 0 Å². The van der Waals surface area contributed by atoms with E-state index in [9.17, 15) is 4.79 Å². The quantitative estimate of drug-likeness (QED) is 0.878. The largest absolute Gasteiger partial charge is 0.383 e. The number of aromatic nitrogens is 1. The van der Waals surface area contributed by atoms with Crippen molar-refractivity contribution in [1.29, 1.82) is 0 Å². The minimum atomic E-state index is -0.104. The number of hydrogen-bond donors (Lipinski definition) is 2. The first-order chi connectivity index (χ1) is 8.70. The van der Waals surface area contributed by atoms with Crippen LogP contribution < -0.4 is 11.1 Å². The highest BCUT2D eigenvalue weighted by molar-refractivity contribution is 7.99. The summed E-state index contributed by atoms with van der Waals surface area (Å²) >= 11 is 1.92. The van der Waals surface area contributed by atoms with Crippen molar-refractivity contribution in [1.82, 2.24) is 10.3 Å². The highest BCUT2D eigenvalue weighted by Crippen LogP contribution is 2.27. The average Bonchev–Trinajstić information content (AvgIpc) is 2.40. The van der Waals surface area contributed by atoms with Gasteiger partial charge >= 0.3 is 0 Å². The van der Waals surface area contributed by atoms with Crippen molar-refractivity contribution in [2.24, 2.45) is 0 Å². The summed E-state index contributed by atoms with van der Waals surface area (Å²) in [5.41, 5.74) is 6.17. The van der Waals surface area contributed by atoms with E-state index in [2.05, 4.69) is 16.6 Å². The Morgan fingerprint density at radius 1 is 1.44 bits per heavy atom. The standard InChI is InChI=1S/C13H19N3OS/c1-18-10-6-4-9(5-7-10)16-13(17)11-3-2-8-15-12(11)14/h2-3,8-10H,4-7H2,1H3,(H2,14,15)(H,16,17). The third-order valence-electron chi connectivity index (χ3n) is 3.43. The lowest BCUT2D eigenvalue weighted by Gasteiger charge is -2.28. The van der Waals surface area contributed by atoms with Crippen LogP contribution >= 0.6 is 11.8 Å². The van der Waals surface area contributed by atoms with Gasteiger partial charge in [-0.3, -0.25) is 4.79 Å². The van der Waals surface area contributed by atoms with Gasteiger partial charge in [-0.15, -0.1) is 0 Å². The predicted molar refractivity (Wildman–Crippen MR) is 75.7 cm³/mol. The molecule has 3 N–H and O–H groups in total. The number of nitrogens with zero attached hydrogens (tertiary/aromatic N) is 1. The summed E-state index contributed by atoms with van der Waals surface area (Å²) in [7, 11) is 0. The van der Waals surface area contributed by atoms with Crippen LogP contribution in [-0.2, 0) is 0 Å². The number of hydrogen-bond acceptors (Lipinski definition) is 4. The van der Waals surface area contributed by atoms with Crippen LogP contribution in [-0.4, -0.2) is 28.4 Å². The molecule has 0 aliphatic heterocycles. The molecule has 0 saturated heterocycles. The van der Waals surface area contributed by atoms with Gasteiger partial charge in [0.1, 0.15) is 5.82 Å². The molecule has 0 unspecified atom stereocenters. The highest BCUT2D eigenvalue weighted by Gasteiger charge is 2.22. The van der Waals surface area contributed by atoms with Crippen LogP contribution in [0.5, 0.6) is 0 Å². The molecular weight excluding hydrogens is 246 g/mol. The molecule has 0 aromatic carbocycles. The molecule has 1 saturated carbocycles. The minimum absolute atomic E-state index is 0.104. The molecule has 0 radical (unpaired) electrons. The van der Waals surface area contributed by atoms with Gasteiger partial charge in [0.2, 0.25) is 0 Å². The zero-order valence-corrected chi connectivity index (χ0v) is 11.4. The van der Waals surface area contributed by atoms with E-state index in [0.29, 0.717) is 11.4 Å². The molecule has 98 valence electrons. The fraction of sp³-hybridized carbons (Fsp3) is 0.538. The van der Waals surface area contributed by atoms with E-state index in [4.69, 9.17) is 5.73 Å². The van der Waals surface area contributed by atoms with E-state index in [1.807, 2.05) is 11.8 Å². The molecule has 4 nitrogen and oxygen atoms in total. The van der Waals surface area contributed by atoms with E-state index in [0.717, 1.165) is 18.1 Å². The van der Waals surface area contributed by atoms with Gasteiger partial charge in [-0.25, -0.2) is 4.98 Å². The number of nitrogens with one attached hydrogen (secondary N) is 1. The van der Waals surface area contributed by atoms with Gasteiger partial charge in [0, 0.05) is 17.5 Å². The number of rotatable bonds is 3. The lowest BCUT2D eigenvalue weighted by Crippen LogP contribution is -2.38. The SMILES string of the molecule is CSC1CCC(NC(=O)c2cccnc2N)CC1. The number of nitrogens with two attached hydrogens (primary N) is 1. The van der Waals surface area contributed by atoms with Crippen LogP contribution in [0.3, 0.4) is 0 Å². The van der Waals surface area contributed by atoms with Gasteiger partial charge < -0.3 is 11.1 Å². The molecule has 5 heteroatoms. The summed E-state index contributed by atoms with van der Waals surface area (Å²) in [6, 6.07) is 3.72. The Balaban J connectivity index is 1.91. The van der Waals surface area contributed by atoms with Crippen molar-refractivity contribution < 1.29 is 4.79 Å². The number of amides is 1. The maximum Gasteiger partial charge on any atom is 0.255 e. The number of nitrogen functional groups attached to an aromatic ring is 1. The first kappa shape index (κ1) is 13.2. The zero-order valence-electron chi connectivity index (χ0n) is 10.6. The Morgan fingerprint density at radius 3 is 2.78 bits per heavy atom. The topological polar surface area (TPSA) is 68.0 Å². The second-order valence-corrected chi connectivity index (χ2v) is 5.76. The predicted octanol–water partition coefficient (Wildman–Crippen LogP) is 2.07. The maximum absolute atomic E-state index is 12.0. The van der Waals surface area contributed by atoms with E-state index in [-0.39, 0.29) is 11.9 Å². The summed E-state index contributed by atoms with van der Waals surface area (Å²) < 4.78 is 0. The number of anilines is 1. The van der Waals surface area contributed by atoms with E-state index >= 15 is 0 Å². The first-order valence-corrected chi connectivity index (χ1v) is 7.53.